The molecule has 2 heterocycles. The first-order valence-electron chi connectivity index (χ1n) is 9.64. The van der Waals surface area contributed by atoms with Crippen molar-refractivity contribution in [1.82, 2.24) is 9.88 Å². The van der Waals surface area contributed by atoms with E-state index >= 15 is 0 Å². The lowest BCUT2D eigenvalue weighted by molar-refractivity contribution is 0.280. The Morgan fingerprint density at radius 2 is 1.96 bits per heavy atom. The number of rotatable bonds is 5. The fourth-order valence-corrected chi connectivity index (χ4v) is 4.33. The van der Waals surface area contributed by atoms with Gasteiger partial charge in [0.05, 0.1) is 0 Å². The predicted molar refractivity (Wildman–Crippen MR) is 106 cm³/mol. The van der Waals surface area contributed by atoms with Crippen molar-refractivity contribution in [2.24, 2.45) is 0 Å². The summed E-state index contributed by atoms with van der Waals surface area (Å²) in [5.41, 5.74) is 2.16. The van der Waals surface area contributed by atoms with Crippen LogP contribution in [0.15, 0.2) is 60.8 Å². The van der Waals surface area contributed by atoms with Crippen LogP contribution in [0.2, 0.25) is 0 Å². The van der Waals surface area contributed by atoms with E-state index in [0.29, 0.717) is 12.1 Å². The first kappa shape index (κ1) is 16.9. The summed E-state index contributed by atoms with van der Waals surface area (Å²) < 4.78 is 2.19. The van der Waals surface area contributed by atoms with Crippen molar-refractivity contribution in [3.8, 4) is 6.07 Å². The van der Waals surface area contributed by atoms with Crippen molar-refractivity contribution in [3.05, 3.63) is 72.1 Å². The Morgan fingerprint density at radius 3 is 2.81 bits per heavy atom. The highest BCUT2D eigenvalue weighted by molar-refractivity contribution is 5.85. The van der Waals surface area contributed by atoms with Crippen molar-refractivity contribution in [1.29, 1.82) is 5.26 Å². The highest BCUT2D eigenvalue weighted by Gasteiger charge is 2.25. The number of benzene rings is 2. The van der Waals surface area contributed by atoms with Crippen molar-refractivity contribution >= 4 is 10.8 Å². The summed E-state index contributed by atoms with van der Waals surface area (Å²) >= 11 is 0. The van der Waals surface area contributed by atoms with Crippen LogP contribution in [-0.2, 0) is 6.42 Å². The number of nitrogens with one attached hydrogen (secondary N) is 1. The molecule has 2 atom stereocenters. The molecule has 1 aliphatic heterocycles. The van der Waals surface area contributed by atoms with Crippen LogP contribution in [0.25, 0.3) is 10.8 Å². The number of nitriles is 1. The average Bonchev–Trinajstić information content (AvgIpc) is 3.18. The lowest BCUT2D eigenvalue weighted by Crippen LogP contribution is -2.41. The van der Waals surface area contributed by atoms with Crippen molar-refractivity contribution in [3.63, 3.8) is 0 Å². The summed E-state index contributed by atoms with van der Waals surface area (Å²) in [6.45, 7) is 1.08. The molecule has 0 radical (unpaired) electrons. The van der Waals surface area contributed by atoms with Crippen LogP contribution < -0.4 is 5.32 Å². The lowest BCUT2D eigenvalue weighted by atomic mass is 9.91. The van der Waals surface area contributed by atoms with E-state index in [1.165, 1.54) is 35.6 Å². The number of aryl methyl sites for hydroxylation is 1. The molecule has 2 aromatic carbocycles. The molecule has 0 aliphatic carbocycles. The minimum absolute atomic E-state index is 0.318. The summed E-state index contributed by atoms with van der Waals surface area (Å²) in [7, 11) is 0. The van der Waals surface area contributed by atoms with E-state index in [2.05, 4.69) is 64.6 Å². The van der Waals surface area contributed by atoms with Crippen LogP contribution in [0, 0.1) is 11.3 Å². The molecule has 1 aliphatic rings. The summed E-state index contributed by atoms with van der Waals surface area (Å²) in [5.74, 6) is 0. The molecule has 1 fully saturated rings. The third-order valence-corrected chi connectivity index (χ3v) is 5.65. The number of aromatic nitrogens is 1. The van der Waals surface area contributed by atoms with Gasteiger partial charge in [0.25, 0.3) is 0 Å². The molecule has 2 unspecified atom stereocenters. The van der Waals surface area contributed by atoms with Crippen LogP contribution in [-0.4, -0.2) is 17.2 Å². The second-order valence-electron chi connectivity index (χ2n) is 7.21. The van der Waals surface area contributed by atoms with Gasteiger partial charge in [-0.25, -0.2) is 0 Å². The first-order chi connectivity index (χ1) is 12.9. The second kappa shape index (κ2) is 7.76. The highest BCUT2D eigenvalue weighted by Crippen LogP contribution is 2.28. The summed E-state index contributed by atoms with van der Waals surface area (Å²) in [6.07, 6.45) is 7.84. The SMILES string of the molecule is N#Cc1cccn1C(CCc1cccc2ccccc12)C1CCCCN1. The van der Waals surface area contributed by atoms with Gasteiger partial charge in [-0.05, 0) is 60.7 Å². The van der Waals surface area contributed by atoms with Crippen LogP contribution in [0.1, 0.15) is 43.0 Å². The van der Waals surface area contributed by atoms with Crippen LogP contribution in [0.5, 0.6) is 0 Å². The maximum absolute atomic E-state index is 9.49. The van der Waals surface area contributed by atoms with Crippen LogP contribution in [0.3, 0.4) is 0 Å². The number of hydrogen-bond acceptors (Lipinski definition) is 2. The summed E-state index contributed by atoms with van der Waals surface area (Å²) in [5, 5.41) is 15.8. The van der Waals surface area contributed by atoms with Crippen molar-refractivity contribution in [2.45, 2.75) is 44.2 Å². The Kier molecular flexibility index (Phi) is 5.04. The second-order valence-corrected chi connectivity index (χ2v) is 7.21. The number of fused-ring (bicyclic) bond motifs is 1. The summed E-state index contributed by atoms with van der Waals surface area (Å²) in [6, 6.07) is 22.2. The van der Waals surface area contributed by atoms with Crippen LogP contribution >= 0.6 is 0 Å². The van der Waals surface area contributed by atoms with E-state index in [1.54, 1.807) is 0 Å². The van der Waals surface area contributed by atoms with Gasteiger partial charge in [0, 0.05) is 18.3 Å². The zero-order chi connectivity index (χ0) is 17.8. The Bertz CT molecular complexity index is 907. The molecule has 0 bridgehead atoms. The number of nitrogens with zero attached hydrogens (tertiary/aromatic N) is 2. The zero-order valence-corrected chi connectivity index (χ0v) is 15.1. The molecule has 0 saturated carbocycles. The van der Waals surface area contributed by atoms with Gasteiger partial charge in [-0.1, -0.05) is 48.9 Å². The molecule has 4 rings (SSSR count). The molecule has 3 heteroatoms. The number of hydrogen-bond donors (Lipinski definition) is 1. The molecule has 3 aromatic rings. The van der Waals surface area contributed by atoms with Crippen LogP contribution in [0.4, 0.5) is 0 Å². The van der Waals surface area contributed by atoms with Gasteiger partial charge in [0.1, 0.15) is 11.8 Å². The molecule has 1 saturated heterocycles. The lowest BCUT2D eigenvalue weighted by Gasteiger charge is -2.33. The van der Waals surface area contributed by atoms with Gasteiger partial charge in [-0.15, -0.1) is 0 Å². The van der Waals surface area contributed by atoms with Crippen molar-refractivity contribution in [2.75, 3.05) is 6.54 Å². The van der Waals surface area contributed by atoms with Gasteiger partial charge < -0.3 is 9.88 Å². The highest BCUT2D eigenvalue weighted by atomic mass is 15.1. The third kappa shape index (κ3) is 3.38. The molecule has 1 aromatic heterocycles. The maximum atomic E-state index is 9.49. The molecule has 3 nitrogen and oxygen atoms in total. The van der Waals surface area contributed by atoms with E-state index in [-0.39, 0.29) is 0 Å². The Balaban J connectivity index is 1.61. The fraction of sp³-hybridized carbons (Fsp3) is 0.348. The van der Waals surface area contributed by atoms with E-state index < -0.39 is 0 Å². The number of piperidine rings is 1. The fourth-order valence-electron chi connectivity index (χ4n) is 4.33. The van der Waals surface area contributed by atoms with Gasteiger partial charge in [-0.3, -0.25) is 0 Å². The largest absolute Gasteiger partial charge is 0.335 e. The van der Waals surface area contributed by atoms with Gasteiger partial charge in [0.15, 0.2) is 0 Å². The maximum Gasteiger partial charge on any atom is 0.120 e. The smallest absolute Gasteiger partial charge is 0.120 e. The first-order valence-corrected chi connectivity index (χ1v) is 9.64. The molecule has 26 heavy (non-hydrogen) atoms. The average molecular weight is 343 g/mol. The zero-order valence-electron chi connectivity index (χ0n) is 15.1. The van der Waals surface area contributed by atoms with Gasteiger partial charge in [-0.2, -0.15) is 5.26 Å². The monoisotopic (exact) mass is 343 g/mol. The van der Waals surface area contributed by atoms with Crippen molar-refractivity contribution < 1.29 is 0 Å². The van der Waals surface area contributed by atoms with E-state index in [0.717, 1.165) is 25.1 Å². The minimum Gasteiger partial charge on any atom is -0.335 e. The molecule has 0 spiro atoms. The van der Waals surface area contributed by atoms with Gasteiger partial charge >= 0.3 is 0 Å². The quantitative estimate of drug-likeness (QED) is 0.721. The van der Waals surface area contributed by atoms with Gasteiger partial charge in [0.2, 0.25) is 0 Å². The minimum atomic E-state index is 0.318. The molecular formula is C23H25N3. The Morgan fingerprint density at radius 1 is 1.08 bits per heavy atom. The Hall–Kier alpha value is -2.57. The van der Waals surface area contributed by atoms with E-state index in [4.69, 9.17) is 0 Å². The molecule has 132 valence electrons. The van der Waals surface area contributed by atoms with E-state index in [9.17, 15) is 5.26 Å². The topological polar surface area (TPSA) is 40.8 Å². The molecule has 1 N–H and O–H groups in total. The predicted octanol–water partition coefficient (Wildman–Crippen LogP) is 4.83. The summed E-state index contributed by atoms with van der Waals surface area (Å²) in [4.78, 5) is 0. The normalized spacial score (nSPS) is 18.5. The van der Waals surface area contributed by atoms with E-state index in [1.807, 2.05) is 12.1 Å². The molecule has 0 amide bonds. The molecular weight excluding hydrogens is 318 g/mol. The Labute approximate surface area is 155 Å². The third-order valence-electron chi connectivity index (χ3n) is 5.65. The standard InChI is InChI=1S/C23H25N3/c24-17-20-10-6-16-26(20)23(22-12-3-4-15-25-22)14-13-19-9-5-8-18-7-1-2-11-21(18)19/h1-2,5-11,16,22-23,25H,3-4,12-15H2.